The summed E-state index contributed by atoms with van der Waals surface area (Å²) in [6.07, 6.45) is 5.23. The van der Waals surface area contributed by atoms with Crippen molar-refractivity contribution in [1.29, 1.82) is 0 Å². The Bertz CT molecular complexity index is 801. The van der Waals surface area contributed by atoms with Crippen LogP contribution < -0.4 is 5.32 Å². The number of nitrogens with zero attached hydrogens (tertiary/aromatic N) is 2. The average Bonchev–Trinajstić information content (AvgIpc) is 3.28. The molecule has 0 atom stereocenters. The van der Waals surface area contributed by atoms with E-state index in [-0.39, 0.29) is 5.91 Å². The molecular formula is C26H35N3O. The number of benzene rings is 2. The molecule has 0 aromatic heterocycles. The maximum absolute atomic E-state index is 12.5. The fourth-order valence-corrected chi connectivity index (χ4v) is 4.49. The lowest BCUT2D eigenvalue weighted by molar-refractivity contribution is 0.0951. The standard InChI is InChI=1S/C26H35N3O/c1-21-12-16-29(17-13-21)20-24-8-10-25(11-9-24)26(30)27-18-22-4-6-23(7-5-22)19-28-14-2-3-15-28/h4-11,21H,2-3,12-20H2,1H3,(H,27,30). The van der Waals surface area contributed by atoms with Crippen LogP contribution in [0.3, 0.4) is 0 Å². The smallest absolute Gasteiger partial charge is 0.251 e. The summed E-state index contributed by atoms with van der Waals surface area (Å²) in [6, 6.07) is 16.8. The Balaban J connectivity index is 1.23. The molecule has 4 heteroatoms. The van der Waals surface area contributed by atoms with Crippen LogP contribution in [-0.2, 0) is 19.6 Å². The fraction of sp³-hybridized carbons (Fsp3) is 0.500. The Hall–Kier alpha value is -2.17. The third-order valence-corrected chi connectivity index (χ3v) is 6.58. The van der Waals surface area contributed by atoms with Crippen molar-refractivity contribution in [2.75, 3.05) is 26.2 Å². The van der Waals surface area contributed by atoms with Gasteiger partial charge < -0.3 is 5.32 Å². The van der Waals surface area contributed by atoms with Gasteiger partial charge in [0.15, 0.2) is 0 Å². The van der Waals surface area contributed by atoms with Crippen LogP contribution in [0.2, 0.25) is 0 Å². The van der Waals surface area contributed by atoms with E-state index >= 15 is 0 Å². The summed E-state index contributed by atoms with van der Waals surface area (Å²) >= 11 is 0. The van der Waals surface area contributed by atoms with Gasteiger partial charge in [-0.2, -0.15) is 0 Å². The van der Waals surface area contributed by atoms with E-state index in [1.807, 2.05) is 12.1 Å². The Morgan fingerprint density at radius 3 is 1.90 bits per heavy atom. The van der Waals surface area contributed by atoms with E-state index in [0.717, 1.165) is 30.1 Å². The van der Waals surface area contributed by atoms with Crippen LogP contribution in [0.1, 0.15) is 59.7 Å². The van der Waals surface area contributed by atoms with Crippen LogP contribution in [0.15, 0.2) is 48.5 Å². The molecule has 0 bridgehead atoms. The molecule has 0 saturated carbocycles. The van der Waals surface area contributed by atoms with E-state index < -0.39 is 0 Å². The summed E-state index contributed by atoms with van der Waals surface area (Å²) in [5.41, 5.74) is 4.52. The Kier molecular flexibility index (Phi) is 7.19. The average molecular weight is 406 g/mol. The van der Waals surface area contributed by atoms with Gasteiger partial charge in [-0.3, -0.25) is 14.6 Å². The lowest BCUT2D eigenvalue weighted by Gasteiger charge is -2.30. The van der Waals surface area contributed by atoms with E-state index in [2.05, 4.69) is 58.4 Å². The minimum Gasteiger partial charge on any atom is -0.348 e. The lowest BCUT2D eigenvalue weighted by Crippen LogP contribution is -2.32. The van der Waals surface area contributed by atoms with Crippen LogP contribution >= 0.6 is 0 Å². The molecule has 2 aromatic rings. The molecule has 0 aliphatic carbocycles. The van der Waals surface area contributed by atoms with E-state index in [9.17, 15) is 4.79 Å². The molecule has 2 fully saturated rings. The second-order valence-corrected chi connectivity index (χ2v) is 9.14. The maximum Gasteiger partial charge on any atom is 0.251 e. The van der Waals surface area contributed by atoms with Crippen molar-refractivity contribution in [3.05, 3.63) is 70.8 Å². The van der Waals surface area contributed by atoms with Gasteiger partial charge in [-0.05, 0) is 86.6 Å². The number of hydrogen-bond acceptors (Lipinski definition) is 3. The SMILES string of the molecule is CC1CCN(Cc2ccc(C(=O)NCc3ccc(CN4CCCC4)cc3)cc2)CC1. The molecule has 4 rings (SSSR count). The summed E-state index contributed by atoms with van der Waals surface area (Å²) in [6.45, 7) is 9.72. The van der Waals surface area contributed by atoms with Gasteiger partial charge in [0.05, 0.1) is 0 Å². The quantitative estimate of drug-likeness (QED) is 0.739. The normalized spacial score (nSPS) is 18.6. The number of amides is 1. The van der Waals surface area contributed by atoms with Crippen LogP contribution in [0.4, 0.5) is 0 Å². The van der Waals surface area contributed by atoms with Crippen LogP contribution in [0.5, 0.6) is 0 Å². The molecule has 1 amide bonds. The highest BCUT2D eigenvalue weighted by Gasteiger charge is 2.16. The molecule has 0 radical (unpaired) electrons. The Morgan fingerprint density at radius 1 is 0.800 bits per heavy atom. The van der Waals surface area contributed by atoms with Crippen molar-refractivity contribution in [2.45, 2.75) is 52.2 Å². The fourth-order valence-electron chi connectivity index (χ4n) is 4.49. The highest BCUT2D eigenvalue weighted by Crippen LogP contribution is 2.18. The molecule has 4 nitrogen and oxygen atoms in total. The molecule has 2 saturated heterocycles. The third kappa shape index (κ3) is 5.93. The summed E-state index contributed by atoms with van der Waals surface area (Å²) in [5.74, 6) is 0.850. The highest BCUT2D eigenvalue weighted by molar-refractivity contribution is 5.94. The van der Waals surface area contributed by atoms with Crippen LogP contribution in [0, 0.1) is 5.92 Å². The predicted molar refractivity (Wildman–Crippen MR) is 122 cm³/mol. The number of piperidine rings is 1. The minimum atomic E-state index is -0.00510. The van der Waals surface area contributed by atoms with E-state index in [1.54, 1.807) is 0 Å². The van der Waals surface area contributed by atoms with Crippen molar-refractivity contribution in [1.82, 2.24) is 15.1 Å². The first-order chi connectivity index (χ1) is 14.7. The maximum atomic E-state index is 12.5. The highest BCUT2D eigenvalue weighted by atomic mass is 16.1. The van der Waals surface area contributed by atoms with Gasteiger partial charge in [0.1, 0.15) is 0 Å². The van der Waals surface area contributed by atoms with Gasteiger partial charge in [0.25, 0.3) is 5.91 Å². The van der Waals surface area contributed by atoms with Gasteiger partial charge in [-0.1, -0.05) is 43.3 Å². The molecule has 30 heavy (non-hydrogen) atoms. The number of rotatable bonds is 7. The predicted octanol–water partition coefficient (Wildman–Crippen LogP) is 4.44. The zero-order valence-corrected chi connectivity index (χ0v) is 18.3. The van der Waals surface area contributed by atoms with Gasteiger partial charge in [-0.25, -0.2) is 0 Å². The van der Waals surface area contributed by atoms with Crippen LogP contribution in [-0.4, -0.2) is 41.9 Å². The molecule has 2 heterocycles. The minimum absolute atomic E-state index is 0.00510. The number of hydrogen-bond donors (Lipinski definition) is 1. The third-order valence-electron chi connectivity index (χ3n) is 6.58. The molecule has 1 N–H and O–H groups in total. The Labute approximate surface area is 181 Å². The molecule has 160 valence electrons. The summed E-state index contributed by atoms with van der Waals surface area (Å²) in [5, 5.41) is 3.05. The Morgan fingerprint density at radius 2 is 1.30 bits per heavy atom. The van der Waals surface area contributed by atoms with Crippen molar-refractivity contribution in [3.63, 3.8) is 0 Å². The topological polar surface area (TPSA) is 35.6 Å². The molecule has 2 aliphatic rings. The molecule has 0 unspecified atom stereocenters. The molecule has 0 spiro atoms. The summed E-state index contributed by atoms with van der Waals surface area (Å²) in [7, 11) is 0. The van der Waals surface area contributed by atoms with Crippen molar-refractivity contribution < 1.29 is 4.79 Å². The first-order valence-corrected chi connectivity index (χ1v) is 11.6. The second-order valence-electron chi connectivity index (χ2n) is 9.14. The zero-order valence-electron chi connectivity index (χ0n) is 18.3. The molecule has 2 aromatic carbocycles. The van der Waals surface area contributed by atoms with E-state index in [0.29, 0.717) is 6.54 Å². The number of likely N-dealkylation sites (tertiary alicyclic amines) is 2. The van der Waals surface area contributed by atoms with Crippen molar-refractivity contribution in [3.8, 4) is 0 Å². The molecule has 2 aliphatic heterocycles. The second kappa shape index (κ2) is 10.2. The number of carbonyl (C=O) groups excluding carboxylic acids is 1. The summed E-state index contributed by atoms with van der Waals surface area (Å²) < 4.78 is 0. The largest absolute Gasteiger partial charge is 0.348 e. The number of carbonyl (C=O) groups is 1. The van der Waals surface area contributed by atoms with Gasteiger partial charge >= 0.3 is 0 Å². The lowest BCUT2D eigenvalue weighted by atomic mass is 9.99. The molecular weight excluding hydrogens is 370 g/mol. The van der Waals surface area contributed by atoms with Crippen LogP contribution in [0.25, 0.3) is 0 Å². The first-order valence-electron chi connectivity index (χ1n) is 11.6. The first kappa shape index (κ1) is 21.1. The van der Waals surface area contributed by atoms with Gasteiger partial charge in [0, 0.05) is 25.2 Å². The summed E-state index contributed by atoms with van der Waals surface area (Å²) in [4.78, 5) is 17.5. The van der Waals surface area contributed by atoms with E-state index in [1.165, 1.54) is 63.0 Å². The monoisotopic (exact) mass is 405 g/mol. The van der Waals surface area contributed by atoms with Crippen molar-refractivity contribution in [2.24, 2.45) is 5.92 Å². The number of nitrogens with one attached hydrogen (secondary N) is 1. The van der Waals surface area contributed by atoms with E-state index in [4.69, 9.17) is 0 Å². The van der Waals surface area contributed by atoms with Gasteiger partial charge in [-0.15, -0.1) is 0 Å². The van der Waals surface area contributed by atoms with Crippen molar-refractivity contribution >= 4 is 5.91 Å². The zero-order chi connectivity index (χ0) is 20.8. The van der Waals surface area contributed by atoms with Gasteiger partial charge in [0.2, 0.25) is 0 Å².